The van der Waals surface area contributed by atoms with Crippen molar-refractivity contribution >= 4 is 5.97 Å². The van der Waals surface area contributed by atoms with Crippen molar-refractivity contribution in [3.05, 3.63) is 0 Å². The van der Waals surface area contributed by atoms with Crippen LogP contribution in [0.3, 0.4) is 0 Å². The minimum Gasteiger partial charge on any atom is -0.469 e. The molecule has 0 amide bonds. The number of nitriles is 4. The molecule has 0 aromatic heterocycles. The van der Waals surface area contributed by atoms with Gasteiger partial charge in [0.05, 0.1) is 31.4 Å². The van der Waals surface area contributed by atoms with Gasteiger partial charge in [-0.1, -0.05) is 0 Å². The second-order valence-corrected chi connectivity index (χ2v) is 3.02. The van der Waals surface area contributed by atoms with Gasteiger partial charge in [0, 0.05) is 0 Å². The van der Waals surface area contributed by atoms with E-state index >= 15 is 0 Å². The fraction of sp³-hybridized carbons (Fsp3) is 0.444. The molecule has 0 unspecified atom stereocenters. The Balaban J connectivity index is 3.32. The van der Waals surface area contributed by atoms with Crippen LogP contribution >= 0.6 is 0 Å². The number of methoxy groups -OCH3 is 1. The average molecular weight is 200 g/mol. The van der Waals surface area contributed by atoms with Crippen molar-refractivity contribution in [1.29, 1.82) is 21.0 Å². The van der Waals surface area contributed by atoms with Crippen LogP contribution in [0.5, 0.6) is 0 Å². The van der Waals surface area contributed by atoms with Crippen LogP contribution in [0.25, 0.3) is 0 Å². The van der Waals surface area contributed by atoms with Crippen molar-refractivity contribution in [3.63, 3.8) is 0 Å². The summed E-state index contributed by atoms with van der Waals surface area (Å²) in [4.78, 5) is 11.2. The Morgan fingerprint density at radius 2 is 1.40 bits per heavy atom. The van der Waals surface area contributed by atoms with E-state index in [0.29, 0.717) is 0 Å². The van der Waals surface area contributed by atoms with Crippen molar-refractivity contribution in [1.82, 2.24) is 0 Å². The second-order valence-electron chi connectivity index (χ2n) is 3.02. The molecule has 6 heteroatoms. The maximum Gasteiger partial charge on any atom is 0.314 e. The van der Waals surface area contributed by atoms with Crippen LogP contribution in [0.4, 0.5) is 0 Å². The minimum absolute atomic E-state index is 0.888. The van der Waals surface area contributed by atoms with Crippen LogP contribution in [0.2, 0.25) is 0 Å². The highest BCUT2D eigenvalue weighted by atomic mass is 16.5. The maximum absolute atomic E-state index is 11.2. The third-order valence-electron chi connectivity index (χ3n) is 2.55. The second kappa shape index (κ2) is 2.98. The quantitative estimate of drug-likeness (QED) is 0.542. The van der Waals surface area contributed by atoms with Crippen LogP contribution in [0.1, 0.15) is 0 Å². The minimum atomic E-state index is -1.90. The summed E-state index contributed by atoms with van der Waals surface area (Å²) in [5.41, 5.74) is -3.80. The number of esters is 1. The molecule has 72 valence electrons. The Morgan fingerprint density at radius 3 is 1.60 bits per heavy atom. The Hall–Kier alpha value is -2.57. The number of hydrogen-bond donors (Lipinski definition) is 0. The third kappa shape index (κ3) is 0.857. The fourth-order valence-electron chi connectivity index (χ4n) is 1.61. The first-order valence-corrected chi connectivity index (χ1v) is 3.83. The van der Waals surface area contributed by atoms with Gasteiger partial charge in [-0.05, 0) is 0 Å². The third-order valence-corrected chi connectivity index (χ3v) is 2.55. The van der Waals surface area contributed by atoms with Crippen LogP contribution < -0.4 is 0 Å². The summed E-state index contributed by atoms with van der Waals surface area (Å²) >= 11 is 0. The van der Waals surface area contributed by atoms with Gasteiger partial charge in [0.2, 0.25) is 0 Å². The molecule has 0 radical (unpaired) electrons. The predicted molar refractivity (Wildman–Crippen MR) is 42.8 cm³/mol. The number of hydrogen-bond acceptors (Lipinski definition) is 6. The van der Waals surface area contributed by atoms with E-state index in [-0.39, 0.29) is 0 Å². The molecular formula is C9H4N4O2. The van der Waals surface area contributed by atoms with E-state index in [1.807, 2.05) is 0 Å². The molecule has 0 aliphatic heterocycles. The lowest BCUT2D eigenvalue weighted by Crippen LogP contribution is -2.09. The Labute approximate surface area is 85.5 Å². The molecule has 1 aliphatic rings. The zero-order valence-corrected chi connectivity index (χ0v) is 7.68. The summed E-state index contributed by atoms with van der Waals surface area (Å²) in [7, 11) is 1.07. The zero-order valence-electron chi connectivity index (χ0n) is 7.68. The molecule has 1 rings (SSSR count). The smallest absolute Gasteiger partial charge is 0.314 e. The molecule has 0 spiro atoms. The summed E-state index contributed by atoms with van der Waals surface area (Å²) in [5, 5.41) is 35.1. The van der Waals surface area contributed by atoms with Crippen molar-refractivity contribution in [2.75, 3.05) is 7.11 Å². The van der Waals surface area contributed by atoms with Gasteiger partial charge < -0.3 is 4.74 Å². The molecule has 15 heavy (non-hydrogen) atoms. The fourth-order valence-corrected chi connectivity index (χ4v) is 1.61. The normalized spacial score (nSPS) is 19.8. The molecule has 6 nitrogen and oxygen atoms in total. The van der Waals surface area contributed by atoms with Gasteiger partial charge in [-0.2, -0.15) is 21.0 Å². The highest BCUT2D eigenvalue weighted by Crippen LogP contribution is 2.68. The highest BCUT2D eigenvalue weighted by molar-refractivity contribution is 5.85. The van der Waals surface area contributed by atoms with E-state index in [2.05, 4.69) is 4.74 Å². The number of carbonyl (C=O) groups is 1. The average Bonchev–Trinajstić information content (AvgIpc) is 2.91. The lowest BCUT2D eigenvalue weighted by Gasteiger charge is -1.94. The van der Waals surface area contributed by atoms with Crippen LogP contribution in [0.15, 0.2) is 0 Å². The molecule has 0 bridgehead atoms. The van der Waals surface area contributed by atoms with Crippen LogP contribution in [-0.2, 0) is 9.53 Å². The molecule has 0 aromatic carbocycles. The maximum atomic E-state index is 11.2. The van der Waals surface area contributed by atoms with Gasteiger partial charge in [-0.25, -0.2) is 0 Å². The molecule has 0 N–H and O–H groups in total. The topological polar surface area (TPSA) is 121 Å². The van der Waals surface area contributed by atoms with E-state index < -0.39 is 22.7 Å². The summed E-state index contributed by atoms with van der Waals surface area (Å²) < 4.78 is 4.35. The van der Waals surface area contributed by atoms with E-state index in [9.17, 15) is 4.79 Å². The van der Waals surface area contributed by atoms with Gasteiger partial charge in [-0.3, -0.25) is 4.79 Å². The van der Waals surface area contributed by atoms with Crippen molar-refractivity contribution in [2.24, 2.45) is 16.7 Å². The number of ether oxygens (including phenoxy) is 1. The lowest BCUT2D eigenvalue weighted by atomic mass is 9.98. The predicted octanol–water partition coefficient (Wildman–Crippen LogP) is -0.144. The molecule has 0 atom stereocenters. The molecule has 1 aliphatic carbocycles. The van der Waals surface area contributed by atoms with Crippen molar-refractivity contribution < 1.29 is 9.53 Å². The lowest BCUT2D eigenvalue weighted by molar-refractivity contribution is -0.143. The standard InChI is InChI=1S/C9H4N4O2/c1-15-7(14)6-8(2-10,3-11)9(6,4-12)5-13/h6H,1H3. The molecular weight excluding hydrogens is 196 g/mol. The molecule has 0 heterocycles. The first-order valence-electron chi connectivity index (χ1n) is 3.83. The number of rotatable bonds is 1. The van der Waals surface area contributed by atoms with Crippen molar-refractivity contribution in [3.8, 4) is 24.3 Å². The van der Waals surface area contributed by atoms with Crippen LogP contribution in [-0.4, -0.2) is 13.1 Å². The Bertz CT molecular complexity index is 416. The summed E-state index contributed by atoms with van der Waals surface area (Å²) in [6.45, 7) is 0. The van der Waals surface area contributed by atoms with Gasteiger partial charge in [0.25, 0.3) is 0 Å². The van der Waals surface area contributed by atoms with Crippen LogP contribution in [0, 0.1) is 62.1 Å². The summed E-state index contributed by atoms with van der Waals surface area (Å²) in [6, 6.07) is 6.21. The van der Waals surface area contributed by atoms with E-state index in [4.69, 9.17) is 21.0 Å². The first-order chi connectivity index (χ1) is 7.10. The van der Waals surface area contributed by atoms with E-state index in [1.54, 1.807) is 24.3 Å². The monoisotopic (exact) mass is 200 g/mol. The molecule has 0 saturated heterocycles. The van der Waals surface area contributed by atoms with Gasteiger partial charge >= 0.3 is 5.97 Å². The highest BCUT2D eigenvalue weighted by Gasteiger charge is 2.85. The SMILES string of the molecule is COC(=O)C1C(C#N)(C#N)C1(C#N)C#N. The summed E-state index contributed by atoms with van der Waals surface area (Å²) in [5.74, 6) is -2.19. The summed E-state index contributed by atoms with van der Waals surface area (Å²) in [6.07, 6.45) is 0. The van der Waals surface area contributed by atoms with Gasteiger partial charge in [0.1, 0.15) is 5.92 Å². The van der Waals surface area contributed by atoms with Gasteiger partial charge in [-0.15, -0.1) is 0 Å². The molecule has 1 saturated carbocycles. The van der Waals surface area contributed by atoms with E-state index in [0.717, 1.165) is 7.11 Å². The molecule has 0 aromatic rings. The largest absolute Gasteiger partial charge is 0.469 e. The van der Waals surface area contributed by atoms with Gasteiger partial charge in [0.15, 0.2) is 10.8 Å². The van der Waals surface area contributed by atoms with E-state index in [1.165, 1.54) is 0 Å². The zero-order chi connectivity index (χ0) is 11.7. The Kier molecular flexibility index (Phi) is 2.09. The first kappa shape index (κ1) is 10.5. The Morgan fingerprint density at radius 1 is 1.07 bits per heavy atom. The number of carbonyl (C=O) groups excluding carboxylic acids is 1. The molecule has 1 fully saturated rings. The number of nitrogens with zero attached hydrogens (tertiary/aromatic N) is 4. The van der Waals surface area contributed by atoms with Crippen molar-refractivity contribution in [2.45, 2.75) is 0 Å².